The van der Waals surface area contributed by atoms with Crippen LogP contribution in [-0.2, 0) is 0 Å². The smallest absolute Gasteiger partial charge is 0.198 e. The summed E-state index contributed by atoms with van der Waals surface area (Å²) in [7, 11) is 0. The van der Waals surface area contributed by atoms with Gasteiger partial charge < -0.3 is 0 Å². The van der Waals surface area contributed by atoms with Gasteiger partial charge in [0.05, 0.1) is 10.6 Å². The fourth-order valence-electron chi connectivity index (χ4n) is 1.71. The second kappa shape index (κ2) is 4.59. The van der Waals surface area contributed by atoms with Gasteiger partial charge in [0.25, 0.3) is 0 Å². The number of benzene rings is 1. The van der Waals surface area contributed by atoms with Crippen molar-refractivity contribution in [2.45, 2.75) is 13.8 Å². The highest BCUT2D eigenvalue weighted by molar-refractivity contribution is 7.12. The SMILES string of the molecule is Cc1cc(C(=O)c2c(F)cccc2Cl)c(C)s1. The van der Waals surface area contributed by atoms with Gasteiger partial charge in [-0.3, -0.25) is 4.79 Å². The molecule has 0 radical (unpaired) electrons. The highest BCUT2D eigenvalue weighted by Gasteiger charge is 2.20. The first-order valence-corrected chi connectivity index (χ1v) is 6.26. The number of carbonyl (C=O) groups is 1. The Balaban J connectivity index is 2.55. The van der Waals surface area contributed by atoms with Gasteiger partial charge in [-0.1, -0.05) is 17.7 Å². The average molecular weight is 269 g/mol. The summed E-state index contributed by atoms with van der Waals surface area (Å²) in [6.07, 6.45) is 0. The van der Waals surface area contributed by atoms with Crippen molar-refractivity contribution < 1.29 is 9.18 Å². The molecule has 1 nitrogen and oxygen atoms in total. The number of ketones is 1. The van der Waals surface area contributed by atoms with Gasteiger partial charge in [-0.15, -0.1) is 11.3 Å². The second-order valence-corrected chi connectivity index (χ2v) is 5.62. The molecule has 17 heavy (non-hydrogen) atoms. The van der Waals surface area contributed by atoms with Gasteiger partial charge >= 0.3 is 0 Å². The zero-order valence-corrected chi connectivity index (χ0v) is 11.0. The molecule has 0 atom stereocenters. The van der Waals surface area contributed by atoms with E-state index < -0.39 is 5.82 Å². The van der Waals surface area contributed by atoms with E-state index in [0.29, 0.717) is 5.56 Å². The Morgan fingerprint density at radius 2 is 2.06 bits per heavy atom. The van der Waals surface area contributed by atoms with Crippen molar-refractivity contribution in [1.29, 1.82) is 0 Å². The van der Waals surface area contributed by atoms with Gasteiger partial charge in [0.1, 0.15) is 5.82 Å². The molecule has 0 spiro atoms. The molecule has 1 heterocycles. The lowest BCUT2D eigenvalue weighted by Gasteiger charge is -2.04. The number of carbonyl (C=O) groups excluding carboxylic acids is 1. The van der Waals surface area contributed by atoms with Crippen LogP contribution in [0.15, 0.2) is 24.3 Å². The van der Waals surface area contributed by atoms with Gasteiger partial charge in [-0.05, 0) is 32.0 Å². The zero-order chi connectivity index (χ0) is 12.6. The van der Waals surface area contributed by atoms with Gasteiger partial charge in [0, 0.05) is 15.3 Å². The number of thiophene rings is 1. The van der Waals surface area contributed by atoms with Crippen molar-refractivity contribution in [2.75, 3.05) is 0 Å². The van der Waals surface area contributed by atoms with Crippen molar-refractivity contribution >= 4 is 28.7 Å². The lowest BCUT2D eigenvalue weighted by atomic mass is 10.0. The molecule has 4 heteroatoms. The average Bonchev–Trinajstić information content (AvgIpc) is 2.57. The topological polar surface area (TPSA) is 17.1 Å². The maximum atomic E-state index is 13.6. The Labute approximate surface area is 108 Å². The van der Waals surface area contributed by atoms with Gasteiger partial charge in [0.2, 0.25) is 0 Å². The molecular weight excluding hydrogens is 259 g/mol. The van der Waals surface area contributed by atoms with E-state index in [9.17, 15) is 9.18 Å². The normalized spacial score (nSPS) is 10.6. The Morgan fingerprint density at radius 3 is 2.59 bits per heavy atom. The van der Waals surface area contributed by atoms with Crippen LogP contribution in [0.2, 0.25) is 5.02 Å². The molecule has 1 aromatic heterocycles. The number of hydrogen-bond acceptors (Lipinski definition) is 2. The van der Waals surface area contributed by atoms with E-state index in [1.54, 1.807) is 6.07 Å². The van der Waals surface area contributed by atoms with Crippen LogP contribution in [0.4, 0.5) is 4.39 Å². The Bertz CT molecular complexity index is 569. The number of hydrogen-bond donors (Lipinski definition) is 0. The van der Waals surface area contributed by atoms with Gasteiger partial charge in [-0.25, -0.2) is 4.39 Å². The van der Waals surface area contributed by atoms with Crippen LogP contribution in [0.5, 0.6) is 0 Å². The predicted octanol–water partition coefficient (Wildman–Crippen LogP) is 4.39. The molecule has 0 saturated carbocycles. The van der Waals surface area contributed by atoms with Crippen LogP contribution in [0.3, 0.4) is 0 Å². The molecule has 2 rings (SSSR count). The second-order valence-electron chi connectivity index (χ2n) is 3.75. The molecule has 0 aliphatic rings. The third-order valence-corrected chi connectivity index (χ3v) is 3.76. The summed E-state index contributed by atoms with van der Waals surface area (Å²) in [5, 5.41) is 0.151. The van der Waals surface area contributed by atoms with E-state index in [1.807, 2.05) is 13.8 Å². The van der Waals surface area contributed by atoms with Crippen molar-refractivity contribution in [3.8, 4) is 0 Å². The summed E-state index contributed by atoms with van der Waals surface area (Å²) >= 11 is 7.39. The fraction of sp³-hybridized carbons (Fsp3) is 0.154. The summed E-state index contributed by atoms with van der Waals surface area (Å²) in [6.45, 7) is 3.76. The quantitative estimate of drug-likeness (QED) is 0.739. The number of rotatable bonds is 2. The van der Waals surface area contributed by atoms with E-state index in [2.05, 4.69) is 0 Å². The molecule has 0 N–H and O–H groups in total. The molecule has 0 unspecified atom stereocenters. The van der Waals surface area contributed by atoms with Crippen LogP contribution >= 0.6 is 22.9 Å². The summed E-state index contributed by atoms with van der Waals surface area (Å²) in [6, 6.07) is 6.02. The fourth-order valence-corrected chi connectivity index (χ4v) is 2.88. The molecule has 1 aromatic carbocycles. The van der Waals surface area contributed by atoms with Crippen LogP contribution in [0, 0.1) is 19.7 Å². The maximum Gasteiger partial charge on any atom is 0.198 e. The molecule has 0 bridgehead atoms. The third kappa shape index (κ3) is 2.26. The summed E-state index contributed by atoms with van der Waals surface area (Å²) in [4.78, 5) is 14.1. The first-order chi connectivity index (χ1) is 8.00. The maximum absolute atomic E-state index is 13.6. The highest BCUT2D eigenvalue weighted by atomic mass is 35.5. The molecule has 0 aliphatic carbocycles. The molecule has 2 aromatic rings. The van der Waals surface area contributed by atoms with Crippen molar-refractivity contribution in [1.82, 2.24) is 0 Å². The van der Waals surface area contributed by atoms with Gasteiger partial charge in [0.15, 0.2) is 5.78 Å². The summed E-state index contributed by atoms with van der Waals surface area (Å²) in [5.74, 6) is -0.930. The van der Waals surface area contributed by atoms with E-state index >= 15 is 0 Å². The van der Waals surface area contributed by atoms with Crippen LogP contribution in [-0.4, -0.2) is 5.78 Å². The van der Waals surface area contributed by atoms with Crippen molar-refractivity contribution in [2.24, 2.45) is 0 Å². The highest BCUT2D eigenvalue weighted by Crippen LogP contribution is 2.27. The standard InChI is InChI=1S/C13H10ClFOS/c1-7-6-9(8(2)17-7)13(16)12-10(14)4-3-5-11(12)15/h3-6H,1-2H3. The first-order valence-electron chi connectivity index (χ1n) is 5.06. The lowest BCUT2D eigenvalue weighted by Crippen LogP contribution is -2.05. The Morgan fingerprint density at radius 1 is 1.35 bits per heavy atom. The predicted molar refractivity (Wildman–Crippen MR) is 68.6 cm³/mol. The molecule has 88 valence electrons. The monoisotopic (exact) mass is 268 g/mol. The van der Waals surface area contributed by atoms with Gasteiger partial charge in [-0.2, -0.15) is 0 Å². The first kappa shape index (κ1) is 12.3. The molecule has 0 amide bonds. The molecule has 0 saturated heterocycles. The molecule has 0 aliphatic heterocycles. The van der Waals surface area contributed by atoms with Crippen LogP contribution in [0.1, 0.15) is 25.7 Å². The molecule has 0 fully saturated rings. The molecular formula is C13H10ClFOS. The zero-order valence-electron chi connectivity index (χ0n) is 9.38. The minimum Gasteiger partial charge on any atom is -0.288 e. The third-order valence-electron chi connectivity index (χ3n) is 2.48. The van der Waals surface area contributed by atoms with Crippen molar-refractivity contribution in [3.63, 3.8) is 0 Å². The Hall–Kier alpha value is -1.19. The van der Waals surface area contributed by atoms with Crippen molar-refractivity contribution in [3.05, 3.63) is 56.0 Å². The number of aryl methyl sites for hydroxylation is 2. The van der Waals surface area contributed by atoms with E-state index in [0.717, 1.165) is 9.75 Å². The van der Waals surface area contributed by atoms with Crippen LogP contribution < -0.4 is 0 Å². The van der Waals surface area contributed by atoms with E-state index in [1.165, 1.54) is 29.5 Å². The van der Waals surface area contributed by atoms with E-state index in [-0.39, 0.29) is 16.4 Å². The van der Waals surface area contributed by atoms with E-state index in [4.69, 9.17) is 11.6 Å². The summed E-state index contributed by atoms with van der Waals surface area (Å²) in [5.41, 5.74) is 0.481. The van der Waals surface area contributed by atoms with Crippen LogP contribution in [0.25, 0.3) is 0 Å². The lowest BCUT2D eigenvalue weighted by molar-refractivity contribution is 0.103. The Kier molecular flexibility index (Phi) is 3.31. The summed E-state index contributed by atoms with van der Waals surface area (Å²) < 4.78 is 13.6. The minimum atomic E-state index is -0.578. The largest absolute Gasteiger partial charge is 0.288 e. The number of halogens is 2. The minimum absolute atomic E-state index is 0.0462.